The van der Waals surface area contributed by atoms with Crippen LogP contribution in [0.15, 0.2) is 18.5 Å². The van der Waals surface area contributed by atoms with E-state index >= 15 is 0 Å². The summed E-state index contributed by atoms with van der Waals surface area (Å²) in [7, 11) is 0. The zero-order chi connectivity index (χ0) is 18.7. The number of hydrogen-bond acceptors (Lipinski definition) is 7. The summed E-state index contributed by atoms with van der Waals surface area (Å²) in [5.74, 6) is 1.80. The van der Waals surface area contributed by atoms with Crippen molar-refractivity contribution in [1.29, 1.82) is 10.7 Å². The van der Waals surface area contributed by atoms with Gasteiger partial charge in [0.05, 0.1) is 30.7 Å². The number of hydrogen-bond donors (Lipinski definition) is 3. The van der Waals surface area contributed by atoms with Gasteiger partial charge >= 0.3 is 0 Å². The molecule has 3 rings (SSSR count). The predicted molar refractivity (Wildman–Crippen MR) is 100 cm³/mol. The number of imidazole rings is 1. The van der Waals surface area contributed by atoms with E-state index in [9.17, 15) is 5.26 Å². The number of H-pyrrole nitrogens is 1. The molecule has 1 aliphatic rings. The van der Waals surface area contributed by atoms with Gasteiger partial charge in [-0.2, -0.15) is 5.26 Å². The normalized spacial score (nSPS) is 17.6. The molecule has 1 saturated heterocycles. The van der Waals surface area contributed by atoms with Crippen LogP contribution in [0.2, 0.25) is 0 Å². The smallest absolute Gasteiger partial charge is 0.205 e. The van der Waals surface area contributed by atoms with Gasteiger partial charge in [0.15, 0.2) is 0 Å². The molecule has 26 heavy (non-hydrogen) atoms. The summed E-state index contributed by atoms with van der Waals surface area (Å²) in [6, 6.07) is 4.43. The van der Waals surface area contributed by atoms with Crippen LogP contribution in [-0.2, 0) is 10.2 Å². The van der Waals surface area contributed by atoms with E-state index in [0.29, 0.717) is 30.5 Å². The van der Waals surface area contributed by atoms with Gasteiger partial charge in [0.25, 0.3) is 0 Å². The van der Waals surface area contributed by atoms with Crippen molar-refractivity contribution in [2.45, 2.75) is 32.2 Å². The monoisotopic (exact) mass is 353 g/mol. The molecule has 0 spiro atoms. The maximum Gasteiger partial charge on any atom is 0.205 e. The Balaban J connectivity index is 2.14. The van der Waals surface area contributed by atoms with Crippen molar-refractivity contribution < 1.29 is 4.74 Å². The molecule has 0 bridgehead atoms. The van der Waals surface area contributed by atoms with Gasteiger partial charge in [-0.1, -0.05) is 0 Å². The van der Waals surface area contributed by atoms with Crippen molar-refractivity contribution in [3.63, 3.8) is 0 Å². The molecule has 0 aromatic carbocycles. The maximum absolute atomic E-state index is 9.65. The third kappa shape index (κ3) is 3.39. The second-order valence-corrected chi connectivity index (χ2v) is 6.85. The average molecular weight is 353 g/mol. The first-order chi connectivity index (χ1) is 12.5. The third-order valence-electron chi connectivity index (χ3n) is 4.54. The molecule has 0 amide bonds. The summed E-state index contributed by atoms with van der Waals surface area (Å²) in [6.07, 6.45) is 4.58. The number of aromatic nitrogens is 3. The Morgan fingerprint density at radius 3 is 2.96 bits per heavy atom. The highest BCUT2D eigenvalue weighted by Crippen LogP contribution is 2.33. The molecule has 0 unspecified atom stereocenters. The fraction of sp³-hybridized carbons (Fsp3) is 0.444. The van der Waals surface area contributed by atoms with E-state index in [1.165, 1.54) is 6.21 Å². The molecular weight excluding hydrogens is 330 g/mol. The topological polar surface area (TPSA) is 114 Å². The van der Waals surface area contributed by atoms with E-state index in [-0.39, 0.29) is 6.04 Å². The van der Waals surface area contributed by atoms with Crippen LogP contribution in [0.5, 0.6) is 0 Å². The second-order valence-electron chi connectivity index (χ2n) is 6.85. The van der Waals surface area contributed by atoms with E-state index in [4.69, 9.17) is 15.1 Å². The lowest BCUT2D eigenvalue weighted by Gasteiger charge is -2.35. The highest BCUT2D eigenvalue weighted by Gasteiger charge is 2.29. The van der Waals surface area contributed by atoms with Crippen molar-refractivity contribution in [2.75, 3.05) is 30.0 Å². The van der Waals surface area contributed by atoms with E-state index in [1.807, 2.05) is 19.9 Å². The predicted octanol–water partition coefficient (Wildman–Crippen LogP) is 2.57. The number of nitrogens with one attached hydrogen (secondary N) is 3. The lowest BCUT2D eigenvalue weighted by molar-refractivity contribution is 0.0985. The number of pyridine rings is 1. The molecule has 136 valence electrons. The molecule has 1 aliphatic heterocycles. The molecule has 2 aromatic rings. The van der Waals surface area contributed by atoms with Crippen LogP contribution < -0.4 is 10.2 Å². The standard InChI is InChI=1S/C18H23N7O/c1-12-10-26-7-6-25(12)15-8-14(18(2,3)11-20)13(9-19)16(23-15)24-17-21-4-5-22-17/h4-5,8-9,12,19H,6-7,10H2,1-3H3,(H2,21,22,23,24)/t12-/m1/s1. The fourth-order valence-electron chi connectivity index (χ4n) is 3.02. The minimum absolute atomic E-state index is 0.177. The van der Waals surface area contributed by atoms with E-state index in [0.717, 1.165) is 17.9 Å². The molecule has 0 aliphatic carbocycles. The van der Waals surface area contributed by atoms with Gasteiger partial charge in [0.1, 0.15) is 11.6 Å². The van der Waals surface area contributed by atoms with Crippen LogP contribution in [0.4, 0.5) is 17.6 Å². The third-order valence-corrected chi connectivity index (χ3v) is 4.54. The Morgan fingerprint density at radius 1 is 1.54 bits per heavy atom. The number of nitrogens with zero attached hydrogens (tertiary/aromatic N) is 4. The largest absolute Gasteiger partial charge is 0.377 e. The first kappa shape index (κ1) is 17.9. The van der Waals surface area contributed by atoms with Gasteiger partial charge in [0.2, 0.25) is 5.95 Å². The molecule has 8 heteroatoms. The van der Waals surface area contributed by atoms with Crippen LogP contribution in [0, 0.1) is 16.7 Å². The Labute approximate surface area is 152 Å². The molecule has 2 aromatic heterocycles. The molecule has 8 nitrogen and oxygen atoms in total. The summed E-state index contributed by atoms with van der Waals surface area (Å²) in [6.45, 7) is 7.77. The van der Waals surface area contributed by atoms with Gasteiger partial charge in [-0.25, -0.2) is 9.97 Å². The van der Waals surface area contributed by atoms with E-state index < -0.39 is 5.41 Å². The lowest BCUT2D eigenvalue weighted by Crippen LogP contribution is -2.44. The first-order valence-electron chi connectivity index (χ1n) is 8.54. The summed E-state index contributed by atoms with van der Waals surface area (Å²) in [4.78, 5) is 14.1. The Bertz CT molecular complexity index is 823. The molecular formula is C18H23N7O. The summed E-state index contributed by atoms with van der Waals surface area (Å²) in [5, 5.41) is 20.7. The molecule has 3 heterocycles. The summed E-state index contributed by atoms with van der Waals surface area (Å²) in [5.41, 5.74) is 0.574. The van der Waals surface area contributed by atoms with Gasteiger partial charge in [-0.3, -0.25) is 0 Å². The Morgan fingerprint density at radius 2 is 2.35 bits per heavy atom. The van der Waals surface area contributed by atoms with E-state index in [2.05, 4.69) is 33.2 Å². The molecule has 0 saturated carbocycles. The van der Waals surface area contributed by atoms with Gasteiger partial charge in [-0.05, 0) is 32.4 Å². The zero-order valence-corrected chi connectivity index (χ0v) is 15.2. The van der Waals surface area contributed by atoms with Crippen LogP contribution >= 0.6 is 0 Å². The minimum Gasteiger partial charge on any atom is -0.377 e. The number of nitriles is 1. The number of anilines is 3. The maximum atomic E-state index is 9.65. The fourth-order valence-corrected chi connectivity index (χ4v) is 3.02. The van der Waals surface area contributed by atoms with Gasteiger partial charge in [0, 0.05) is 30.7 Å². The van der Waals surface area contributed by atoms with Crippen molar-refractivity contribution in [3.05, 3.63) is 29.6 Å². The van der Waals surface area contributed by atoms with Gasteiger partial charge < -0.3 is 25.3 Å². The average Bonchev–Trinajstić information content (AvgIpc) is 3.14. The molecule has 0 radical (unpaired) electrons. The highest BCUT2D eigenvalue weighted by atomic mass is 16.5. The Kier molecular flexibility index (Phi) is 4.91. The highest BCUT2D eigenvalue weighted by molar-refractivity contribution is 5.89. The van der Waals surface area contributed by atoms with Gasteiger partial charge in [-0.15, -0.1) is 0 Å². The second kappa shape index (κ2) is 7.14. The Hall–Kier alpha value is -2.92. The number of aromatic amines is 1. The summed E-state index contributed by atoms with van der Waals surface area (Å²) >= 11 is 0. The van der Waals surface area contributed by atoms with Crippen molar-refractivity contribution >= 4 is 23.8 Å². The van der Waals surface area contributed by atoms with Crippen LogP contribution in [0.1, 0.15) is 31.9 Å². The van der Waals surface area contributed by atoms with Crippen LogP contribution in [0.25, 0.3) is 0 Å². The minimum atomic E-state index is -0.764. The molecule has 3 N–H and O–H groups in total. The van der Waals surface area contributed by atoms with E-state index in [1.54, 1.807) is 12.4 Å². The zero-order valence-electron chi connectivity index (χ0n) is 15.2. The van der Waals surface area contributed by atoms with Crippen LogP contribution in [0.3, 0.4) is 0 Å². The lowest BCUT2D eigenvalue weighted by atomic mass is 9.83. The quantitative estimate of drug-likeness (QED) is 0.712. The van der Waals surface area contributed by atoms with Crippen molar-refractivity contribution in [1.82, 2.24) is 15.0 Å². The SMILES string of the molecule is C[C@@H]1COCCN1c1cc(C(C)(C)C#N)c(C=N)c(Nc2ncc[nH]2)n1. The number of ether oxygens (including phenoxy) is 1. The molecule has 1 atom stereocenters. The van der Waals surface area contributed by atoms with Crippen molar-refractivity contribution in [2.24, 2.45) is 0 Å². The number of morpholine rings is 1. The molecule has 1 fully saturated rings. The number of rotatable bonds is 5. The first-order valence-corrected chi connectivity index (χ1v) is 8.54. The van der Waals surface area contributed by atoms with Crippen LogP contribution in [-0.4, -0.2) is 47.0 Å². The summed E-state index contributed by atoms with van der Waals surface area (Å²) < 4.78 is 5.52. The van der Waals surface area contributed by atoms with Crippen molar-refractivity contribution in [3.8, 4) is 6.07 Å².